The molecule has 2 aromatic heterocycles. The Balaban J connectivity index is 1.81. The summed E-state index contributed by atoms with van der Waals surface area (Å²) in [7, 11) is 0. The van der Waals surface area contributed by atoms with Crippen LogP contribution in [0.2, 0.25) is 0 Å². The molecule has 0 bridgehead atoms. The molecule has 1 aliphatic heterocycles. The van der Waals surface area contributed by atoms with E-state index in [0.717, 1.165) is 12.2 Å². The van der Waals surface area contributed by atoms with E-state index >= 15 is 0 Å². The minimum absolute atomic E-state index is 0.0675. The monoisotopic (exact) mass is 331 g/mol. The van der Waals surface area contributed by atoms with Gasteiger partial charge in [-0.2, -0.15) is 5.10 Å². The van der Waals surface area contributed by atoms with E-state index in [4.69, 9.17) is 4.74 Å². The van der Waals surface area contributed by atoms with Crippen LogP contribution in [0.4, 0.5) is 0 Å². The van der Waals surface area contributed by atoms with Crippen molar-refractivity contribution in [2.24, 2.45) is 0 Å². The zero-order valence-corrected chi connectivity index (χ0v) is 14.1. The van der Waals surface area contributed by atoms with Crippen molar-refractivity contribution in [1.82, 2.24) is 24.6 Å². The smallest absolute Gasteiger partial charge is 0.257 e. The van der Waals surface area contributed by atoms with Crippen molar-refractivity contribution in [1.29, 1.82) is 0 Å². The maximum Gasteiger partial charge on any atom is 0.257 e. The number of H-pyrrole nitrogens is 1. The van der Waals surface area contributed by atoms with Crippen molar-refractivity contribution in [2.45, 2.75) is 33.4 Å². The molecule has 2 aromatic rings. The molecule has 1 fully saturated rings. The fourth-order valence-electron chi connectivity index (χ4n) is 2.84. The van der Waals surface area contributed by atoms with Gasteiger partial charge in [0.1, 0.15) is 11.9 Å². The Morgan fingerprint density at radius 1 is 1.46 bits per heavy atom. The molecule has 3 heterocycles. The van der Waals surface area contributed by atoms with Gasteiger partial charge in [0.05, 0.1) is 30.1 Å². The fourth-order valence-corrected chi connectivity index (χ4v) is 2.84. The molecule has 3 rings (SSSR count). The maximum atomic E-state index is 12.8. The van der Waals surface area contributed by atoms with Crippen LogP contribution in [0.5, 0.6) is 0 Å². The average molecular weight is 331 g/mol. The predicted octanol–water partition coefficient (Wildman–Crippen LogP) is 0.817. The van der Waals surface area contributed by atoms with Crippen LogP contribution in [0.3, 0.4) is 0 Å². The zero-order chi connectivity index (χ0) is 17.3. The van der Waals surface area contributed by atoms with Crippen molar-refractivity contribution >= 4 is 5.91 Å². The lowest BCUT2D eigenvalue weighted by Crippen LogP contribution is -2.42. The lowest BCUT2D eigenvalue weighted by Gasteiger charge is -2.32. The van der Waals surface area contributed by atoms with Gasteiger partial charge in [0, 0.05) is 25.4 Å². The summed E-state index contributed by atoms with van der Waals surface area (Å²) in [4.78, 5) is 33.1. The summed E-state index contributed by atoms with van der Waals surface area (Å²) in [6, 6.07) is 1.42. The second-order valence-corrected chi connectivity index (χ2v) is 5.85. The molecule has 0 aliphatic carbocycles. The summed E-state index contributed by atoms with van der Waals surface area (Å²) in [6.45, 7) is 7.53. The molecule has 1 saturated heterocycles. The number of rotatable bonds is 3. The first-order valence-corrected chi connectivity index (χ1v) is 8.00. The first-order valence-electron chi connectivity index (χ1n) is 8.00. The molecule has 8 heteroatoms. The van der Waals surface area contributed by atoms with Gasteiger partial charge in [0.2, 0.25) is 0 Å². The summed E-state index contributed by atoms with van der Waals surface area (Å²) < 4.78 is 7.47. The Kier molecular flexibility index (Phi) is 4.48. The number of morpholine rings is 1. The van der Waals surface area contributed by atoms with Gasteiger partial charge in [-0.25, -0.2) is 4.98 Å². The van der Waals surface area contributed by atoms with Crippen LogP contribution in [-0.2, 0) is 11.3 Å². The summed E-state index contributed by atoms with van der Waals surface area (Å²) in [5.41, 5.74) is 1.65. The van der Waals surface area contributed by atoms with Crippen molar-refractivity contribution in [3.63, 3.8) is 0 Å². The largest absolute Gasteiger partial charge is 0.368 e. The SMILES string of the molecule is CCn1cc(C(=O)N2CCOC(c3cc(=O)[nH]c(C)n3)C2)c(C)n1. The van der Waals surface area contributed by atoms with Crippen LogP contribution in [0, 0.1) is 13.8 Å². The Labute approximate surface area is 139 Å². The normalized spacial score (nSPS) is 18.0. The van der Waals surface area contributed by atoms with Crippen LogP contribution < -0.4 is 5.56 Å². The molecule has 1 N–H and O–H groups in total. The number of ether oxygens (including phenoxy) is 1. The van der Waals surface area contributed by atoms with E-state index in [1.165, 1.54) is 6.07 Å². The fraction of sp³-hybridized carbons (Fsp3) is 0.500. The van der Waals surface area contributed by atoms with E-state index in [-0.39, 0.29) is 11.5 Å². The molecular weight excluding hydrogens is 310 g/mol. The highest BCUT2D eigenvalue weighted by atomic mass is 16.5. The first kappa shape index (κ1) is 16.4. The molecule has 0 saturated carbocycles. The van der Waals surface area contributed by atoms with E-state index in [9.17, 15) is 9.59 Å². The molecule has 128 valence electrons. The van der Waals surface area contributed by atoms with Gasteiger partial charge < -0.3 is 14.6 Å². The van der Waals surface area contributed by atoms with Gasteiger partial charge in [-0.15, -0.1) is 0 Å². The van der Waals surface area contributed by atoms with E-state index in [0.29, 0.717) is 36.8 Å². The van der Waals surface area contributed by atoms with Gasteiger partial charge in [-0.05, 0) is 20.8 Å². The second kappa shape index (κ2) is 6.56. The summed E-state index contributed by atoms with van der Waals surface area (Å²) >= 11 is 0. The van der Waals surface area contributed by atoms with Crippen LogP contribution >= 0.6 is 0 Å². The number of aromatic amines is 1. The molecular formula is C16H21N5O3. The number of hydrogen-bond donors (Lipinski definition) is 1. The quantitative estimate of drug-likeness (QED) is 0.899. The highest BCUT2D eigenvalue weighted by molar-refractivity contribution is 5.95. The van der Waals surface area contributed by atoms with Crippen LogP contribution in [0.25, 0.3) is 0 Å². The molecule has 0 radical (unpaired) electrons. The minimum atomic E-state index is -0.398. The third kappa shape index (κ3) is 3.23. The van der Waals surface area contributed by atoms with E-state index < -0.39 is 6.10 Å². The topological polar surface area (TPSA) is 93.1 Å². The van der Waals surface area contributed by atoms with Gasteiger partial charge in [-0.3, -0.25) is 14.3 Å². The van der Waals surface area contributed by atoms with Crippen LogP contribution in [-0.4, -0.2) is 50.3 Å². The number of nitrogens with one attached hydrogen (secondary N) is 1. The third-order valence-corrected chi connectivity index (χ3v) is 4.06. The number of carbonyl (C=O) groups is 1. The van der Waals surface area contributed by atoms with Crippen LogP contribution in [0.15, 0.2) is 17.1 Å². The highest BCUT2D eigenvalue weighted by Crippen LogP contribution is 2.21. The number of carbonyl (C=O) groups excluding carboxylic acids is 1. The number of aromatic nitrogens is 4. The van der Waals surface area contributed by atoms with Crippen LogP contribution in [0.1, 0.15) is 40.6 Å². The predicted molar refractivity (Wildman–Crippen MR) is 86.8 cm³/mol. The summed E-state index contributed by atoms with van der Waals surface area (Å²) in [6.07, 6.45) is 1.38. The number of hydrogen-bond acceptors (Lipinski definition) is 5. The zero-order valence-electron chi connectivity index (χ0n) is 14.1. The van der Waals surface area contributed by atoms with E-state index in [1.807, 2.05) is 13.8 Å². The lowest BCUT2D eigenvalue weighted by molar-refractivity contribution is -0.0249. The summed E-state index contributed by atoms with van der Waals surface area (Å²) in [5, 5.41) is 4.33. The first-order chi connectivity index (χ1) is 11.5. The second-order valence-electron chi connectivity index (χ2n) is 5.85. The maximum absolute atomic E-state index is 12.8. The molecule has 0 aromatic carbocycles. The Hall–Kier alpha value is -2.48. The highest BCUT2D eigenvalue weighted by Gasteiger charge is 2.29. The Bertz CT molecular complexity index is 810. The van der Waals surface area contributed by atoms with Gasteiger partial charge in [0.25, 0.3) is 11.5 Å². The minimum Gasteiger partial charge on any atom is -0.368 e. The number of amides is 1. The van der Waals surface area contributed by atoms with Crippen molar-refractivity contribution in [3.05, 3.63) is 45.4 Å². The molecule has 0 spiro atoms. The van der Waals surface area contributed by atoms with E-state index in [2.05, 4.69) is 15.1 Å². The van der Waals surface area contributed by atoms with Crippen molar-refractivity contribution in [3.8, 4) is 0 Å². The number of aryl methyl sites for hydroxylation is 3. The summed E-state index contributed by atoms with van der Waals surface area (Å²) in [5.74, 6) is 0.465. The van der Waals surface area contributed by atoms with Gasteiger partial charge in [0.15, 0.2) is 0 Å². The standard InChI is InChI=1S/C16H21N5O3/c1-4-21-8-12(10(2)19-21)16(23)20-5-6-24-14(9-20)13-7-15(22)18-11(3)17-13/h7-8,14H,4-6,9H2,1-3H3,(H,17,18,22). The van der Waals surface area contributed by atoms with Gasteiger partial charge >= 0.3 is 0 Å². The Morgan fingerprint density at radius 2 is 2.25 bits per heavy atom. The molecule has 24 heavy (non-hydrogen) atoms. The lowest BCUT2D eigenvalue weighted by atomic mass is 10.1. The molecule has 1 atom stereocenters. The average Bonchev–Trinajstić information content (AvgIpc) is 2.94. The third-order valence-electron chi connectivity index (χ3n) is 4.06. The molecule has 1 amide bonds. The molecule has 8 nitrogen and oxygen atoms in total. The van der Waals surface area contributed by atoms with Crippen molar-refractivity contribution in [2.75, 3.05) is 19.7 Å². The molecule has 1 aliphatic rings. The molecule has 1 unspecified atom stereocenters. The Morgan fingerprint density at radius 3 is 2.92 bits per heavy atom. The van der Waals surface area contributed by atoms with Gasteiger partial charge in [-0.1, -0.05) is 0 Å². The number of nitrogens with zero attached hydrogens (tertiary/aromatic N) is 4. The van der Waals surface area contributed by atoms with Crippen molar-refractivity contribution < 1.29 is 9.53 Å². The van der Waals surface area contributed by atoms with E-state index in [1.54, 1.807) is 22.7 Å².